The standard InChI is InChI=1S/C15H24N4OS/c1-11-12(15(20-5)19(4)17-11)9-16-10-13(18(2)3)14-7-6-8-21-14/h6-8,13,16H,9-10H2,1-5H3. The molecule has 116 valence electrons. The van der Waals surface area contributed by atoms with Gasteiger partial charge in [-0.1, -0.05) is 6.07 Å². The maximum atomic E-state index is 5.43. The number of thiophene rings is 1. The summed E-state index contributed by atoms with van der Waals surface area (Å²) in [7, 11) is 7.82. The second-order valence-corrected chi connectivity index (χ2v) is 6.30. The highest BCUT2D eigenvalue weighted by Gasteiger charge is 2.17. The molecule has 2 aromatic rings. The van der Waals surface area contributed by atoms with Gasteiger partial charge in [0.2, 0.25) is 5.88 Å². The zero-order valence-corrected chi connectivity index (χ0v) is 14.2. The van der Waals surface area contributed by atoms with Crippen molar-refractivity contribution >= 4 is 11.3 Å². The molecule has 21 heavy (non-hydrogen) atoms. The Bertz CT molecular complexity index is 562. The Kier molecular flexibility index (Phi) is 5.39. The summed E-state index contributed by atoms with van der Waals surface area (Å²) >= 11 is 1.80. The van der Waals surface area contributed by atoms with Gasteiger partial charge in [-0.2, -0.15) is 5.10 Å². The molecule has 1 atom stereocenters. The lowest BCUT2D eigenvalue weighted by molar-refractivity contribution is 0.291. The van der Waals surface area contributed by atoms with E-state index in [2.05, 4.69) is 46.9 Å². The monoisotopic (exact) mass is 308 g/mol. The second-order valence-electron chi connectivity index (χ2n) is 5.32. The number of hydrogen-bond acceptors (Lipinski definition) is 5. The minimum absolute atomic E-state index is 0.382. The summed E-state index contributed by atoms with van der Waals surface area (Å²) in [6, 6.07) is 4.67. The van der Waals surface area contributed by atoms with Crippen LogP contribution in [0.4, 0.5) is 0 Å². The van der Waals surface area contributed by atoms with E-state index in [-0.39, 0.29) is 0 Å². The van der Waals surface area contributed by atoms with Crippen molar-refractivity contribution in [3.63, 3.8) is 0 Å². The van der Waals surface area contributed by atoms with Crippen molar-refractivity contribution in [1.82, 2.24) is 20.0 Å². The predicted octanol–water partition coefficient (Wildman–Crippen LogP) is 2.19. The van der Waals surface area contributed by atoms with E-state index in [9.17, 15) is 0 Å². The van der Waals surface area contributed by atoms with E-state index in [4.69, 9.17) is 4.74 Å². The van der Waals surface area contributed by atoms with Crippen molar-refractivity contribution in [2.45, 2.75) is 19.5 Å². The number of nitrogens with zero attached hydrogens (tertiary/aromatic N) is 3. The van der Waals surface area contributed by atoms with Crippen LogP contribution in [0.5, 0.6) is 5.88 Å². The molecular weight excluding hydrogens is 284 g/mol. The molecule has 0 aliphatic heterocycles. The molecule has 0 saturated carbocycles. The Morgan fingerprint density at radius 3 is 2.81 bits per heavy atom. The first-order valence-corrected chi connectivity index (χ1v) is 7.89. The zero-order valence-electron chi connectivity index (χ0n) is 13.4. The fourth-order valence-electron chi connectivity index (χ4n) is 2.49. The summed E-state index contributed by atoms with van der Waals surface area (Å²) in [4.78, 5) is 3.62. The lowest BCUT2D eigenvalue weighted by atomic mass is 10.2. The number of rotatable bonds is 7. The van der Waals surface area contributed by atoms with Gasteiger partial charge < -0.3 is 15.0 Å². The molecule has 0 radical (unpaired) electrons. The van der Waals surface area contributed by atoms with E-state index < -0.39 is 0 Å². The predicted molar refractivity (Wildman–Crippen MR) is 87.0 cm³/mol. The van der Waals surface area contributed by atoms with Gasteiger partial charge >= 0.3 is 0 Å². The van der Waals surface area contributed by atoms with Crippen LogP contribution in [-0.2, 0) is 13.6 Å². The third-order valence-corrected chi connectivity index (χ3v) is 4.59. The second kappa shape index (κ2) is 7.06. The fourth-order valence-corrected chi connectivity index (χ4v) is 3.41. The summed E-state index contributed by atoms with van der Waals surface area (Å²) in [6.07, 6.45) is 0. The minimum atomic E-state index is 0.382. The van der Waals surface area contributed by atoms with Crippen LogP contribution in [-0.4, -0.2) is 42.4 Å². The number of ether oxygens (including phenoxy) is 1. The number of aryl methyl sites for hydroxylation is 2. The Labute approximate surface area is 130 Å². The molecule has 2 heterocycles. The smallest absolute Gasteiger partial charge is 0.216 e. The van der Waals surface area contributed by atoms with Crippen molar-refractivity contribution in [3.05, 3.63) is 33.6 Å². The lowest BCUT2D eigenvalue weighted by Gasteiger charge is -2.23. The van der Waals surface area contributed by atoms with Crippen LogP contribution >= 0.6 is 11.3 Å². The lowest BCUT2D eigenvalue weighted by Crippen LogP contribution is -2.30. The number of aromatic nitrogens is 2. The topological polar surface area (TPSA) is 42.3 Å². The molecule has 0 aliphatic carbocycles. The van der Waals surface area contributed by atoms with Crippen molar-refractivity contribution in [3.8, 4) is 5.88 Å². The number of nitrogens with one attached hydrogen (secondary N) is 1. The maximum Gasteiger partial charge on any atom is 0.216 e. The van der Waals surface area contributed by atoms with E-state index in [1.807, 2.05) is 14.0 Å². The summed E-state index contributed by atoms with van der Waals surface area (Å²) in [6.45, 7) is 3.67. The highest BCUT2D eigenvalue weighted by atomic mass is 32.1. The number of hydrogen-bond donors (Lipinski definition) is 1. The minimum Gasteiger partial charge on any atom is -0.481 e. The highest BCUT2D eigenvalue weighted by Crippen LogP contribution is 2.24. The van der Waals surface area contributed by atoms with Crippen LogP contribution in [0.25, 0.3) is 0 Å². The summed E-state index contributed by atoms with van der Waals surface area (Å²) in [5, 5.41) is 10.1. The van der Waals surface area contributed by atoms with E-state index in [0.717, 1.165) is 30.2 Å². The van der Waals surface area contributed by atoms with Gasteiger partial charge in [-0.05, 0) is 32.5 Å². The Morgan fingerprint density at radius 2 is 2.24 bits per heavy atom. The molecule has 5 nitrogen and oxygen atoms in total. The van der Waals surface area contributed by atoms with Crippen LogP contribution in [0.15, 0.2) is 17.5 Å². The number of methoxy groups -OCH3 is 1. The van der Waals surface area contributed by atoms with Gasteiger partial charge in [-0.3, -0.25) is 0 Å². The molecular formula is C15H24N4OS. The van der Waals surface area contributed by atoms with Crippen LogP contribution in [0.2, 0.25) is 0 Å². The fraction of sp³-hybridized carbons (Fsp3) is 0.533. The van der Waals surface area contributed by atoms with Gasteiger partial charge in [0.15, 0.2) is 0 Å². The first-order chi connectivity index (χ1) is 10.0. The van der Waals surface area contributed by atoms with E-state index >= 15 is 0 Å². The van der Waals surface area contributed by atoms with Gasteiger partial charge in [-0.15, -0.1) is 11.3 Å². The molecule has 6 heteroatoms. The maximum absolute atomic E-state index is 5.43. The van der Waals surface area contributed by atoms with Gasteiger partial charge in [0, 0.05) is 25.0 Å². The Hall–Kier alpha value is -1.37. The van der Waals surface area contributed by atoms with Crippen molar-refractivity contribution in [2.24, 2.45) is 7.05 Å². The van der Waals surface area contributed by atoms with Crippen LogP contribution in [0.3, 0.4) is 0 Å². The third kappa shape index (κ3) is 3.64. The Balaban J connectivity index is 2.00. The normalized spacial score (nSPS) is 12.9. The van der Waals surface area contributed by atoms with Gasteiger partial charge in [-0.25, -0.2) is 4.68 Å². The largest absolute Gasteiger partial charge is 0.481 e. The molecule has 1 unspecified atom stereocenters. The first-order valence-electron chi connectivity index (χ1n) is 7.01. The molecule has 0 aliphatic rings. The first kappa shape index (κ1) is 16.0. The van der Waals surface area contributed by atoms with Gasteiger partial charge in [0.25, 0.3) is 0 Å². The van der Waals surface area contributed by atoms with Crippen molar-refractivity contribution < 1.29 is 4.74 Å². The average Bonchev–Trinajstić information content (AvgIpc) is 3.03. The summed E-state index contributed by atoms with van der Waals surface area (Å²) in [5.74, 6) is 0.831. The van der Waals surface area contributed by atoms with Crippen LogP contribution in [0.1, 0.15) is 22.2 Å². The molecule has 0 aromatic carbocycles. The van der Waals surface area contributed by atoms with Gasteiger partial charge in [0.05, 0.1) is 24.4 Å². The molecule has 2 aromatic heterocycles. The quantitative estimate of drug-likeness (QED) is 0.851. The van der Waals surface area contributed by atoms with E-state index in [1.54, 1.807) is 23.1 Å². The molecule has 0 saturated heterocycles. The molecule has 1 N–H and O–H groups in total. The average molecular weight is 308 g/mol. The molecule has 0 spiro atoms. The molecule has 0 amide bonds. The van der Waals surface area contributed by atoms with Crippen molar-refractivity contribution in [2.75, 3.05) is 27.7 Å². The summed E-state index contributed by atoms with van der Waals surface area (Å²) < 4.78 is 7.21. The highest BCUT2D eigenvalue weighted by molar-refractivity contribution is 7.10. The number of likely N-dealkylation sites (N-methyl/N-ethyl adjacent to an activating group) is 1. The third-order valence-electron chi connectivity index (χ3n) is 3.62. The van der Waals surface area contributed by atoms with Crippen LogP contribution in [0, 0.1) is 6.92 Å². The van der Waals surface area contributed by atoms with E-state index in [0.29, 0.717) is 6.04 Å². The van der Waals surface area contributed by atoms with Crippen LogP contribution < -0.4 is 10.1 Å². The SMILES string of the molecule is COc1c(CNCC(c2cccs2)N(C)C)c(C)nn1C. The zero-order chi connectivity index (χ0) is 15.4. The molecule has 0 fully saturated rings. The summed E-state index contributed by atoms with van der Waals surface area (Å²) in [5.41, 5.74) is 2.14. The Morgan fingerprint density at radius 1 is 1.48 bits per heavy atom. The van der Waals surface area contributed by atoms with Crippen molar-refractivity contribution in [1.29, 1.82) is 0 Å². The molecule has 0 bridgehead atoms. The van der Waals surface area contributed by atoms with E-state index in [1.165, 1.54) is 4.88 Å². The molecule has 2 rings (SSSR count). The van der Waals surface area contributed by atoms with Gasteiger partial charge in [0.1, 0.15) is 0 Å².